The molecule has 21 heavy (non-hydrogen) atoms. The molecule has 0 amide bonds. The van der Waals surface area contributed by atoms with E-state index < -0.39 is 5.97 Å². The smallest absolute Gasteiger partial charge is 0.328 e. The highest BCUT2D eigenvalue weighted by molar-refractivity contribution is 6.30. The van der Waals surface area contributed by atoms with Crippen molar-refractivity contribution in [3.63, 3.8) is 0 Å². The van der Waals surface area contributed by atoms with Crippen molar-refractivity contribution in [3.05, 3.63) is 64.7 Å². The number of nitrogens with zero attached hydrogens (tertiary/aromatic N) is 1. The van der Waals surface area contributed by atoms with Crippen molar-refractivity contribution in [3.8, 4) is 17.6 Å². The van der Waals surface area contributed by atoms with Gasteiger partial charge in [0, 0.05) is 22.7 Å². The van der Waals surface area contributed by atoms with E-state index in [-0.39, 0.29) is 0 Å². The largest absolute Gasteiger partial charge is 0.478 e. The van der Waals surface area contributed by atoms with Crippen LogP contribution in [0.5, 0.6) is 11.5 Å². The van der Waals surface area contributed by atoms with Gasteiger partial charge >= 0.3 is 5.97 Å². The van der Waals surface area contributed by atoms with Crippen LogP contribution < -0.4 is 4.74 Å². The van der Waals surface area contributed by atoms with E-state index in [1.165, 1.54) is 6.08 Å². The molecule has 0 unspecified atom stereocenters. The summed E-state index contributed by atoms with van der Waals surface area (Å²) in [7, 11) is 0. The monoisotopic (exact) mass is 299 g/mol. The lowest BCUT2D eigenvalue weighted by atomic mass is 10.1. The third-order valence-electron chi connectivity index (χ3n) is 2.61. The zero-order valence-electron chi connectivity index (χ0n) is 10.8. The molecule has 2 rings (SSSR count). The number of aliphatic carboxylic acids is 1. The first-order chi connectivity index (χ1) is 10.1. The highest BCUT2D eigenvalue weighted by Gasteiger charge is 2.08. The van der Waals surface area contributed by atoms with Crippen molar-refractivity contribution >= 4 is 23.6 Å². The van der Waals surface area contributed by atoms with Crippen molar-refractivity contribution in [1.29, 1.82) is 5.26 Å². The van der Waals surface area contributed by atoms with Crippen LogP contribution in [-0.4, -0.2) is 11.1 Å². The zero-order chi connectivity index (χ0) is 15.2. The molecule has 104 valence electrons. The lowest BCUT2D eigenvalue weighted by Gasteiger charge is -2.10. The van der Waals surface area contributed by atoms with Crippen LogP contribution in [0, 0.1) is 11.3 Å². The summed E-state index contributed by atoms with van der Waals surface area (Å²) >= 11 is 5.93. The molecule has 2 aromatic rings. The topological polar surface area (TPSA) is 70.3 Å². The second-order valence-electron chi connectivity index (χ2n) is 4.06. The molecule has 0 aliphatic rings. The average molecular weight is 300 g/mol. The minimum atomic E-state index is -1.06. The van der Waals surface area contributed by atoms with Crippen LogP contribution in [-0.2, 0) is 4.79 Å². The molecule has 0 aliphatic carbocycles. The molecule has 0 aliphatic heterocycles. The maximum atomic E-state index is 10.6. The molecule has 0 saturated heterocycles. The van der Waals surface area contributed by atoms with Gasteiger partial charge in [0.05, 0.1) is 5.56 Å². The normalized spacial score (nSPS) is 10.3. The number of halogens is 1. The Bertz CT molecular complexity index is 747. The van der Waals surface area contributed by atoms with Crippen LogP contribution in [0.15, 0.2) is 48.5 Å². The Morgan fingerprint density at radius 2 is 2.00 bits per heavy atom. The van der Waals surface area contributed by atoms with Crippen LogP contribution in [0.2, 0.25) is 5.02 Å². The lowest BCUT2D eigenvalue weighted by Crippen LogP contribution is -1.91. The number of nitriles is 1. The van der Waals surface area contributed by atoms with E-state index in [9.17, 15) is 4.79 Å². The standard InChI is InChI=1S/C16H10ClNO3/c17-13-7-5-11(6-8-16(19)20)15(9-13)21-14-4-2-1-3-12(14)10-18/h1-9H,(H,19,20)/b8-6+. The van der Waals surface area contributed by atoms with E-state index in [0.717, 1.165) is 6.08 Å². The third kappa shape index (κ3) is 3.85. The van der Waals surface area contributed by atoms with Crippen LogP contribution in [0.1, 0.15) is 11.1 Å². The molecule has 5 heteroatoms. The number of ether oxygens (including phenoxy) is 1. The van der Waals surface area contributed by atoms with Gasteiger partial charge in [0.2, 0.25) is 0 Å². The fourth-order valence-electron chi connectivity index (χ4n) is 1.66. The van der Waals surface area contributed by atoms with Gasteiger partial charge in [-0.1, -0.05) is 23.7 Å². The molecule has 4 nitrogen and oxygen atoms in total. The Kier molecular flexibility index (Phi) is 4.60. The summed E-state index contributed by atoms with van der Waals surface area (Å²) < 4.78 is 5.69. The third-order valence-corrected chi connectivity index (χ3v) is 2.84. The molecular weight excluding hydrogens is 290 g/mol. The maximum absolute atomic E-state index is 10.6. The quantitative estimate of drug-likeness (QED) is 0.863. The number of hydrogen-bond acceptors (Lipinski definition) is 3. The lowest BCUT2D eigenvalue weighted by molar-refractivity contribution is -0.131. The number of carbonyl (C=O) groups is 1. The Balaban J connectivity index is 2.41. The first-order valence-electron chi connectivity index (χ1n) is 5.97. The molecule has 0 aromatic heterocycles. The first kappa shape index (κ1) is 14.6. The van der Waals surface area contributed by atoms with Crippen molar-refractivity contribution in [2.75, 3.05) is 0 Å². The predicted molar refractivity (Wildman–Crippen MR) is 79.4 cm³/mol. The minimum Gasteiger partial charge on any atom is -0.478 e. The summed E-state index contributed by atoms with van der Waals surface area (Å²) in [6.45, 7) is 0. The summed E-state index contributed by atoms with van der Waals surface area (Å²) in [5, 5.41) is 18.2. The molecule has 2 aromatic carbocycles. The van der Waals surface area contributed by atoms with E-state index in [2.05, 4.69) is 0 Å². The minimum absolute atomic E-state index is 0.378. The van der Waals surface area contributed by atoms with Gasteiger partial charge in [-0.05, 0) is 30.3 Å². The van der Waals surface area contributed by atoms with E-state index in [4.69, 9.17) is 26.7 Å². The molecule has 0 heterocycles. The van der Waals surface area contributed by atoms with E-state index in [0.29, 0.717) is 27.6 Å². The number of hydrogen-bond donors (Lipinski definition) is 1. The van der Waals surface area contributed by atoms with Gasteiger partial charge in [-0.15, -0.1) is 0 Å². The molecular formula is C16H10ClNO3. The molecule has 0 atom stereocenters. The Labute approximate surface area is 126 Å². The van der Waals surface area contributed by atoms with Crippen LogP contribution >= 0.6 is 11.6 Å². The summed E-state index contributed by atoms with van der Waals surface area (Å²) in [5.74, 6) is -0.303. The summed E-state index contributed by atoms with van der Waals surface area (Å²) in [6, 6.07) is 13.6. The molecule has 0 saturated carbocycles. The van der Waals surface area contributed by atoms with Crippen molar-refractivity contribution < 1.29 is 14.6 Å². The summed E-state index contributed by atoms with van der Waals surface area (Å²) in [6.07, 6.45) is 2.41. The number of benzene rings is 2. The summed E-state index contributed by atoms with van der Waals surface area (Å²) in [5.41, 5.74) is 0.931. The van der Waals surface area contributed by atoms with Gasteiger partial charge in [0.25, 0.3) is 0 Å². The number of rotatable bonds is 4. The Morgan fingerprint density at radius 1 is 1.24 bits per heavy atom. The van der Waals surface area contributed by atoms with Gasteiger partial charge in [-0.25, -0.2) is 4.79 Å². The van der Waals surface area contributed by atoms with Crippen molar-refractivity contribution in [1.82, 2.24) is 0 Å². The number of carboxylic acid groups (broad SMARTS) is 1. The van der Waals surface area contributed by atoms with E-state index in [1.54, 1.807) is 42.5 Å². The summed E-state index contributed by atoms with van der Waals surface area (Å²) in [4.78, 5) is 10.6. The van der Waals surface area contributed by atoms with Gasteiger partial charge < -0.3 is 9.84 Å². The highest BCUT2D eigenvalue weighted by Crippen LogP contribution is 2.31. The molecule has 0 fully saturated rings. The first-order valence-corrected chi connectivity index (χ1v) is 6.35. The number of para-hydroxylation sites is 1. The SMILES string of the molecule is N#Cc1ccccc1Oc1cc(Cl)ccc1/C=C/C(=O)O. The van der Waals surface area contributed by atoms with Gasteiger partial charge in [-0.2, -0.15) is 5.26 Å². The molecule has 0 radical (unpaired) electrons. The van der Waals surface area contributed by atoms with E-state index in [1.807, 2.05) is 6.07 Å². The Hall–Kier alpha value is -2.77. The van der Waals surface area contributed by atoms with Gasteiger partial charge in [0.1, 0.15) is 17.6 Å². The molecule has 0 bridgehead atoms. The number of carboxylic acids is 1. The van der Waals surface area contributed by atoms with Gasteiger partial charge in [0.15, 0.2) is 0 Å². The second-order valence-corrected chi connectivity index (χ2v) is 4.50. The predicted octanol–water partition coefficient (Wildman–Crippen LogP) is 4.10. The Morgan fingerprint density at radius 3 is 2.71 bits per heavy atom. The fraction of sp³-hybridized carbons (Fsp3) is 0. The van der Waals surface area contributed by atoms with Crippen LogP contribution in [0.25, 0.3) is 6.08 Å². The van der Waals surface area contributed by atoms with Crippen molar-refractivity contribution in [2.45, 2.75) is 0 Å². The van der Waals surface area contributed by atoms with Gasteiger partial charge in [-0.3, -0.25) is 0 Å². The van der Waals surface area contributed by atoms with Crippen molar-refractivity contribution in [2.24, 2.45) is 0 Å². The second kappa shape index (κ2) is 6.60. The average Bonchev–Trinajstić information content (AvgIpc) is 2.47. The maximum Gasteiger partial charge on any atom is 0.328 e. The van der Waals surface area contributed by atoms with Crippen LogP contribution in [0.4, 0.5) is 0 Å². The van der Waals surface area contributed by atoms with Crippen LogP contribution in [0.3, 0.4) is 0 Å². The fourth-order valence-corrected chi connectivity index (χ4v) is 1.82. The van der Waals surface area contributed by atoms with E-state index >= 15 is 0 Å². The zero-order valence-corrected chi connectivity index (χ0v) is 11.5. The highest BCUT2D eigenvalue weighted by atomic mass is 35.5. The molecule has 0 spiro atoms. The molecule has 1 N–H and O–H groups in total.